The smallest absolute Gasteiger partial charge is 0.280 e. The normalized spacial score (nSPS) is 11.3. The summed E-state index contributed by atoms with van der Waals surface area (Å²) in [6, 6.07) is 22.6. The fourth-order valence-electron chi connectivity index (χ4n) is 3.68. The second-order valence-electron chi connectivity index (χ2n) is 7.61. The summed E-state index contributed by atoms with van der Waals surface area (Å²) in [5.74, 6) is 1.26. The lowest BCUT2D eigenvalue weighted by molar-refractivity contribution is -0.384. The van der Waals surface area contributed by atoms with Crippen LogP contribution in [-0.2, 0) is 0 Å². The second-order valence-corrected chi connectivity index (χ2v) is 7.61. The molecule has 9 nitrogen and oxygen atoms in total. The zero-order valence-corrected chi connectivity index (χ0v) is 19.3. The van der Waals surface area contributed by atoms with Crippen LogP contribution in [0.3, 0.4) is 0 Å². The van der Waals surface area contributed by atoms with Gasteiger partial charge in [0.05, 0.1) is 35.5 Å². The molecular weight excluding hydrogens is 448 g/mol. The Balaban J connectivity index is 1.64. The number of nitro benzene ring substituents is 1. The summed E-state index contributed by atoms with van der Waals surface area (Å²) in [5.41, 5.74) is 2.53. The third-order valence-corrected chi connectivity index (χ3v) is 5.40. The van der Waals surface area contributed by atoms with Crippen LogP contribution in [0.5, 0.6) is 11.5 Å². The van der Waals surface area contributed by atoms with E-state index in [4.69, 9.17) is 9.47 Å². The fraction of sp³-hybridized carbons (Fsp3) is 0.154. The number of nitrogens with zero attached hydrogens (tertiary/aromatic N) is 3. The molecule has 35 heavy (non-hydrogen) atoms. The van der Waals surface area contributed by atoms with Gasteiger partial charge in [-0.1, -0.05) is 42.5 Å². The number of aromatic nitrogens is 2. The summed E-state index contributed by atoms with van der Waals surface area (Å²) in [7, 11) is 1.58. The molecule has 0 spiro atoms. The van der Waals surface area contributed by atoms with Gasteiger partial charge in [-0.3, -0.25) is 25.0 Å². The molecular formula is C26H24N4O5. The predicted molar refractivity (Wildman–Crippen MR) is 134 cm³/mol. The molecule has 4 aromatic rings. The first kappa shape index (κ1) is 23.5. The zero-order chi connectivity index (χ0) is 24.8. The number of ether oxygens (including phenoxy) is 2. The molecule has 0 saturated heterocycles. The van der Waals surface area contributed by atoms with Gasteiger partial charge in [0, 0.05) is 23.4 Å². The lowest BCUT2D eigenvalue weighted by atomic mass is 10.1. The summed E-state index contributed by atoms with van der Waals surface area (Å²) in [6.45, 7) is 2.42. The minimum atomic E-state index is -0.480. The lowest BCUT2D eigenvalue weighted by Crippen LogP contribution is -2.20. The average Bonchev–Trinajstić information content (AvgIpc) is 3.24. The monoisotopic (exact) mass is 472 g/mol. The van der Waals surface area contributed by atoms with E-state index < -0.39 is 4.92 Å². The van der Waals surface area contributed by atoms with Crippen molar-refractivity contribution in [1.82, 2.24) is 9.78 Å². The highest BCUT2D eigenvalue weighted by Crippen LogP contribution is 2.26. The number of hydrogen-bond donors (Lipinski definition) is 1. The number of aromatic amines is 1. The second kappa shape index (κ2) is 10.5. The molecule has 0 aliphatic rings. The largest absolute Gasteiger partial charge is 0.493 e. The number of rotatable bonds is 9. The van der Waals surface area contributed by atoms with Crippen molar-refractivity contribution in [2.75, 3.05) is 20.3 Å². The maximum atomic E-state index is 13.4. The van der Waals surface area contributed by atoms with Crippen LogP contribution in [-0.4, -0.2) is 40.7 Å². The summed E-state index contributed by atoms with van der Waals surface area (Å²) >= 11 is 0. The Kier molecular flexibility index (Phi) is 7.06. The Morgan fingerprint density at radius 1 is 1.00 bits per heavy atom. The van der Waals surface area contributed by atoms with E-state index in [1.165, 1.54) is 28.9 Å². The van der Waals surface area contributed by atoms with Crippen molar-refractivity contribution in [2.45, 2.75) is 6.92 Å². The number of nitrogens with one attached hydrogen (secondary N) is 1. The zero-order valence-electron chi connectivity index (χ0n) is 19.3. The van der Waals surface area contributed by atoms with Crippen LogP contribution in [0.15, 0.2) is 88.6 Å². The lowest BCUT2D eigenvalue weighted by Gasteiger charge is -2.09. The Labute approximate surface area is 201 Å². The van der Waals surface area contributed by atoms with E-state index in [1.807, 2.05) is 54.6 Å². The van der Waals surface area contributed by atoms with Gasteiger partial charge in [-0.15, -0.1) is 0 Å². The number of benzene rings is 3. The van der Waals surface area contributed by atoms with Crippen LogP contribution < -0.4 is 15.0 Å². The summed E-state index contributed by atoms with van der Waals surface area (Å²) in [4.78, 5) is 28.5. The first-order valence-corrected chi connectivity index (χ1v) is 10.9. The molecule has 0 unspecified atom stereocenters. The van der Waals surface area contributed by atoms with Gasteiger partial charge in [0.2, 0.25) is 0 Å². The van der Waals surface area contributed by atoms with Crippen LogP contribution >= 0.6 is 0 Å². The van der Waals surface area contributed by atoms with E-state index in [2.05, 4.69) is 10.1 Å². The topological polar surface area (TPSA) is 112 Å². The van der Waals surface area contributed by atoms with Crippen LogP contribution in [0.2, 0.25) is 0 Å². The van der Waals surface area contributed by atoms with Gasteiger partial charge in [0.1, 0.15) is 6.61 Å². The molecule has 0 radical (unpaired) electrons. The van der Waals surface area contributed by atoms with Crippen molar-refractivity contribution in [3.63, 3.8) is 0 Å². The van der Waals surface area contributed by atoms with Gasteiger partial charge in [-0.25, -0.2) is 4.68 Å². The van der Waals surface area contributed by atoms with E-state index >= 15 is 0 Å². The summed E-state index contributed by atoms with van der Waals surface area (Å²) in [5, 5.41) is 14.1. The van der Waals surface area contributed by atoms with E-state index in [-0.39, 0.29) is 11.2 Å². The quantitative estimate of drug-likeness (QED) is 0.165. The molecule has 0 saturated carbocycles. The van der Waals surface area contributed by atoms with E-state index in [9.17, 15) is 14.9 Å². The Bertz CT molecular complexity index is 1410. The maximum Gasteiger partial charge on any atom is 0.280 e. The maximum absolute atomic E-state index is 13.4. The standard InChI is InChI=1S/C26H24N4O5/c1-18(27-16-17-35-23-11-7-6-10-22(23)34-2)24-25(19-8-4-3-5-9-19)28-29(26(24)31)20-12-14-21(15-13-20)30(32)33/h3-15,28H,16-17H2,1-2H3. The van der Waals surface area contributed by atoms with Crippen LogP contribution in [0.4, 0.5) is 5.69 Å². The van der Waals surface area contributed by atoms with Gasteiger partial charge >= 0.3 is 0 Å². The molecule has 9 heteroatoms. The molecule has 0 bridgehead atoms. The number of para-hydroxylation sites is 2. The molecule has 0 amide bonds. The first-order valence-electron chi connectivity index (χ1n) is 10.9. The average molecular weight is 473 g/mol. The molecule has 1 N–H and O–H groups in total. The molecule has 0 atom stereocenters. The van der Waals surface area contributed by atoms with Crippen molar-refractivity contribution in [1.29, 1.82) is 0 Å². The molecule has 4 rings (SSSR count). The number of non-ortho nitro benzene ring substituents is 1. The minimum absolute atomic E-state index is 0.0512. The molecule has 0 aliphatic carbocycles. The molecule has 178 valence electrons. The van der Waals surface area contributed by atoms with Gasteiger partial charge in [-0.05, 0) is 31.2 Å². The van der Waals surface area contributed by atoms with Crippen molar-refractivity contribution in [3.05, 3.63) is 105 Å². The molecule has 1 heterocycles. The van der Waals surface area contributed by atoms with Crippen molar-refractivity contribution >= 4 is 11.4 Å². The van der Waals surface area contributed by atoms with Gasteiger partial charge in [0.25, 0.3) is 11.2 Å². The first-order chi connectivity index (χ1) is 17.0. The Hall–Kier alpha value is -4.66. The number of H-pyrrole nitrogens is 1. The number of nitro groups is 1. The molecule has 3 aromatic carbocycles. The number of hydrogen-bond acceptors (Lipinski definition) is 6. The highest BCUT2D eigenvalue weighted by atomic mass is 16.6. The molecule has 0 aliphatic heterocycles. The van der Waals surface area contributed by atoms with Gasteiger partial charge in [-0.2, -0.15) is 0 Å². The van der Waals surface area contributed by atoms with E-state index in [0.29, 0.717) is 47.3 Å². The SMILES string of the molecule is COc1ccccc1OCCN=C(C)c1c(-c2ccccc2)[nH]n(-c2ccc([N+](=O)[O-])cc2)c1=O. The van der Waals surface area contributed by atoms with Crippen molar-refractivity contribution < 1.29 is 14.4 Å². The third kappa shape index (κ3) is 5.14. The Morgan fingerprint density at radius 2 is 1.66 bits per heavy atom. The third-order valence-electron chi connectivity index (χ3n) is 5.40. The number of methoxy groups -OCH3 is 1. The van der Waals surface area contributed by atoms with E-state index in [0.717, 1.165) is 5.56 Å². The van der Waals surface area contributed by atoms with Crippen LogP contribution in [0.1, 0.15) is 12.5 Å². The summed E-state index contributed by atoms with van der Waals surface area (Å²) in [6.07, 6.45) is 0. The fourth-order valence-corrected chi connectivity index (χ4v) is 3.68. The van der Waals surface area contributed by atoms with Gasteiger partial charge < -0.3 is 9.47 Å². The summed E-state index contributed by atoms with van der Waals surface area (Å²) < 4.78 is 12.4. The number of aliphatic imine (C=N–C) groups is 1. The predicted octanol–water partition coefficient (Wildman–Crippen LogP) is 4.64. The van der Waals surface area contributed by atoms with Crippen LogP contribution in [0.25, 0.3) is 16.9 Å². The molecule has 1 aromatic heterocycles. The van der Waals surface area contributed by atoms with E-state index in [1.54, 1.807) is 14.0 Å². The highest BCUT2D eigenvalue weighted by Gasteiger charge is 2.19. The van der Waals surface area contributed by atoms with Gasteiger partial charge in [0.15, 0.2) is 11.5 Å². The van der Waals surface area contributed by atoms with Crippen molar-refractivity contribution in [3.8, 4) is 28.4 Å². The Morgan fingerprint density at radius 3 is 2.31 bits per heavy atom. The minimum Gasteiger partial charge on any atom is -0.493 e. The highest BCUT2D eigenvalue weighted by molar-refractivity contribution is 6.03. The van der Waals surface area contributed by atoms with Crippen molar-refractivity contribution in [2.24, 2.45) is 4.99 Å². The molecule has 0 fully saturated rings. The van der Waals surface area contributed by atoms with Crippen LogP contribution in [0, 0.1) is 10.1 Å².